The van der Waals surface area contributed by atoms with Crippen LogP contribution in [0, 0.1) is 0 Å². The van der Waals surface area contributed by atoms with Gasteiger partial charge in [0, 0.05) is 18.5 Å². The minimum atomic E-state index is 0.352. The molecule has 1 heterocycles. The predicted octanol–water partition coefficient (Wildman–Crippen LogP) is 4.06. The third kappa shape index (κ3) is 4.03. The molecule has 0 aliphatic carbocycles. The first-order valence-electron chi connectivity index (χ1n) is 7.81. The normalized spacial score (nSPS) is 21.6. The van der Waals surface area contributed by atoms with Crippen molar-refractivity contribution in [3.63, 3.8) is 0 Å². The van der Waals surface area contributed by atoms with E-state index in [1.807, 2.05) is 0 Å². The van der Waals surface area contributed by atoms with Crippen molar-refractivity contribution >= 4 is 17.2 Å². The van der Waals surface area contributed by atoms with Crippen molar-refractivity contribution in [2.75, 3.05) is 6.54 Å². The molecule has 2 rings (SSSR count). The Hall–Kier alpha value is -0.930. The zero-order valence-corrected chi connectivity index (χ0v) is 13.2. The number of nitrogens with zero attached hydrogens (tertiary/aromatic N) is 1. The van der Waals surface area contributed by atoms with Crippen LogP contribution in [-0.2, 0) is 0 Å². The maximum Gasteiger partial charge on any atom is 0.0746 e. The molecule has 20 heavy (non-hydrogen) atoms. The second-order valence-corrected chi connectivity index (χ2v) is 6.30. The highest BCUT2D eigenvalue weighted by Crippen LogP contribution is 2.32. The minimum absolute atomic E-state index is 0.352. The zero-order valence-electron chi connectivity index (χ0n) is 12.4. The third-order valence-electron chi connectivity index (χ3n) is 4.27. The van der Waals surface area contributed by atoms with E-state index in [1.165, 1.54) is 44.2 Å². The fourth-order valence-electron chi connectivity index (χ4n) is 3.37. The van der Waals surface area contributed by atoms with Gasteiger partial charge in [0.15, 0.2) is 0 Å². The zero-order chi connectivity index (χ0) is 14.4. The Kier molecular flexibility index (Phi) is 5.99. The van der Waals surface area contributed by atoms with Crippen LogP contribution in [0.5, 0.6) is 0 Å². The van der Waals surface area contributed by atoms with Crippen molar-refractivity contribution in [1.82, 2.24) is 4.90 Å². The SMILES string of the molecule is CCCC1CCCCN1C(CC(N)=S)c1ccccc1. The molecule has 1 aromatic carbocycles. The summed E-state index contributed by atoms with van der Waals surface area (Å²) < 4.78 is 0. The second kappa shape index (κ2) is 7.75. The van der Waals surface area contributed by atoms with Gasteiger partial charge < -0.3 is 5.73 Å². The Morgan fingerprint density at radius 3 is 2.75 bits per heavy atom. The van der Waals surface area contributed by atoms with Crippen molar-refractivity contribution in [2.24, 2.45) is 5.73 Å². The van der Waals surface area contributed by atoms with Gasteiger partial charge in [-0.1, -0.05) is 62.3 Å². The lowest BCUT2D eigenvalue weighted by Gasteiger charge is -2.41. The van der Waals surface area contributed by atoms with E-state index in [2.05, 4.69) is 42.2 Å². The fourth-order valence-corrected chi connectivity index (χ4v) is 3.53. The van der Waals surface area contributed by atoms with E-state index in [9.17, 15) is 0 Å². The standard InChI is InChI=1S/C17H26N2S/c1-2-8-15-11-6-7-12-19(15)16(13-17(18)20)14-9-4-3-5-10-14/h3-5,9-10,15-16H,2,6-8,11-13H2,1H3,(H2,18,20). The molecule has 2 nitrogen and oxygen atoms in total. The Bertz CT molecular complexity index is 416. The first-order valence-corrected chi connectivity index (χ1v) is 8.22. The molecular formula is C17H26N2S. The lowest BCUT2D eigenvalue weighted by molar-refractivity contribution is 0.0908. The topological polar surface area (TPSA) is 29.3 Å². The van der Waals surface area contributed by atoms with E-state index in [0.29, 0.717) is 17.1 Å². The van der Waals surface area contributed by atoms with Gasteiger partial charge >= 0.3 is 0 Å². The third-order valence-corrected chi connectivity index (χ3v) is 4.44. The van der Waals surface area contributed by atoms with Crippen LogP contribution in [0.2, 0.25) is 0 Å². The summed E-state index contributed by atoms with van der Waals surface area (Å²) in [6.45, 7) is 3.45. The van der Waals surface area contributed by atoms with Crippen LogP contribution < -0.4 is 5.73 Å². The quantitative estimate of drug-likeness (QED) is 0.801. The van der Waals surface area contributed by atoms with Gasteiger partial charge in [-0.05, 0) is 31.4 Å². The van der Waals surface area contributed by atoms with Crippen LogP contribution in [0.25, 0.3) is 0 Å². The molecule has 1 aromatic rings. The van der Waals surface area contributed by atoms with Gasteiger partial charge in [-0.25, -0.2) is 0 Å². The molecule has 0 radical (unpaired) electrons. The molecule has 3 heteroatoms. The molecule has 110 valence electrons. The van der Waals surface area contributed by atoms with Crippen molar-refractivity contribution in [1.29, 1.82) is 0 Å². The average molecular weight is 290 g/mol. The van der Waals surface area contributed by atoms with Crippen LogP contribution in [0.3, 0.4) is 0 Å². The second-order valence-electron chi connectivity index (χ2n) is 5.77. The number of thiocarbonyl (C=S) groups is 1. The van der Waals surface area contributed by atoms with E-state index in [4.69, 9.17) is 18.0 Å². The highest BCUT2D eigenvalue weighted by molar-refractivity contribution is 7.80. The summed E-state index contributed by atoms with van der Waals surface area (Å²) in [6.07, 6.45) is 7.28. The lowest BCUT2D eigenvalue weighted by atomic mass is 9.92. The summed E-state index contributed by atoms with van der Waals surface area (Å²) in [7, 11) is 0. The number of likely N-dealkylation sites (tertiary alicyclic amines) is 1. The molecule has 2 unspecified atom stereocenters. The van der Waals surface area contributed by atoms with E-state index < -0.39 is 0 Å². The molecule has 0 bridgehead atoms. The van der Waals surface area contributed by atoms with Gasteiger partial charge in [-0.2, -0.15) is 0 Å². The van der Waals surface area contributed by atoms with Crippen molar-refractivity contribution in [3.8, 4) is 0 Å². The highest BCUT2D eigenvalue weighted by Gasteiger charge is 2.29. The molecular weight excluding hydrogens is 264 g/mol. The smallest absolute Gasteiger partial charge is 0.0746 e. The highest BCUT2D eigenvalue weighted by atomic mass is 32.1. The van der Waals surface area contributed by atoms with Gasteiger partial charge in [0.05, 0.1) is 4.99 Å². The van der Waals surface area contributed by atoms with E-state index in [-0.39, 0.29) is 0 Å². The van der Waals surface area contributed by atoms with E-state index in [1.54, 1.807) is 0 Å². The summed E-state index contributed by atoms with van der Waals surface area (Å²) in [5, 5.41) is 0. The summed E-state index contributed by atoms with van der Waals surface area (Å²) in [5.74, 6) is 0. The first kappa shape index (κ1) is 15.5. The fraction of sp³-hybridized carbons (Fsp3) is 0.588. The van der Waals surface area contributed by atoms with Crippen LogP contribution in [-0.4, -0.2) is 22.5 Å². The molecule has 0 aromatic heterocycles. The largest absolute Gasteiger partial charge is 0.393 e. The monoisotopic (exact) mass is 290 g/mol. The maximum absolute atomic E-state index is 5.86. The number of hydrogen-bond donors (Lipinski definition) is 1. The Morgan fingerprint density at radius 1 is 1.35 bits per heavy atom. The summed E-state index contributed by atoms with van der Waals surface area (Å²) in [5.41, 5.74) is 7.21. The van der Waals surface area contributed by atoms with Crippen LogP contribution in [0.4, 0.5) is 0 Å². The van der Waals surface area contributed by atoms with E-state index >= 15 is 0 Å². The van der Waals surface area contributed by atoms with Gasteiger partial charge in [-0.15, -0.1) is 0 Å². The molecule has 2 N–H and O–H groups in total. The maximum atomic E-state index is 5.86. The van der Waals surface area contributed by atoms with Crippen molar-refractivity contribution in [3.05, 3.63) is 35.9 Å². The van der Waals surface area contributed by atoms with Crippen LogP contribution >= 0.6 is 12.2 Å². The van der Waals surface area contributed by atoms with Gasteiger partial charge in [0.2, 0.25) is 0 Å². The summed E-state index contributed by atoms with van der Waals surface area (Å²) in [6, 6.07) is 11.8. The molecule has 1 aliphatic heterocycles. The number of piperidine rings is 1. The molecule has 0 spiro atoms. The van der Waals surface area contributed by atoms with Gasteiger partial charge in [0.1, 0.15) is 0 Å². The summed E-state index contributed by atoms with van der Waals surface area (Å²) >= 11 is 5.20. The Labute approximate surface area is 128 Å². The molecule has 0 amide bonds. The summed E-state index contributed by atoms with van der Waals surface area (Å²) in [4.78, 5) is 3.28. The molecule has 1 aliphatic rings. The number of rotatable bonds is 6. The Balaban J connectivity index is 2.22. The molecule has 0 saturated carbocycles. The van der Waals surface area contributed by atoms with Gasteiger partial charge in [0.25, 0.3) is 0 Å². The van der Waals surface area contributed by atoms with Crippen LogP contribution in [0.15, 0.2) is 30.3 Å². The van der Waals surface area contributed by atoms with Crippen molar-refractivity contribution in [2.45, 2.75) is 57.5 Å². The molecule has 2 atom stereocenters. The minimum Gasteiger partial charge on any atom is -0.393 e. The van der Waals surface area contributed by atoms with E-state index in [0.717, 1.165) is 6.42 Å². The molecule has 1 saturated heterocycles. The van der Waals surface area contributed by atoms with Gasteiger partial charge in [-0.3, -0.25) is 4.90 Å². The number of hydrogen-bond acceptors (Lipinski definition) is 2. The number of nitrogens with two attached hydrogens (primary N) is 1. The van der Waals surface area contributed by atoms with Crippen molar-refractivity contribution < 1.29 is 0 Å². The predicted molar refractivity (Wildman–Crippen MR) is 89.8 cm³/mol. The molecule has 1 fully saturated rings. The Morgan fingerprint density at radius 2 is 2.10 bits per heavy atom. The first-order chi connectivity index (χ1) is 9.72. The number of benzene rings is 1. The van der Waals surface area contributed by atoms with Crippen LogP contribution in [0.1, 0.15) is 57.1 Å². The average Bonchev–Trinajstić information content (AvgIpc) is 2.47. The lowest BCUT2D eigenvalue weighted by Crippen LogP contribution is -2.43.